The molecule has 2 aromatic carbocycles. The second-order valence-electron chi connectivity index (χ2n) is 6.94. The molecule has 2 atom stereocenters. The summed E-state index contributed by atoms with van der Waals surface area (Å²) < 4.78 is 94.5. The van der Waals surface area contributed by atoms with Crippen molar-refractivity contribution in [1.82, 2.24) is 0 Å². The van der Waals surface area contributed by atoms with Crippen molar-refractivity contribution in [1.29, 1.82) is 0 Å². The monoisotopic (exact) mass is 464 g/mol. The predicted molar refractivity (Wildman–Crippen MR) is 98.5 cm³/mol. The van der Waals surface area contributed by atoms with E-state index in [0.29, 0.717) is 23.2 Å². The zero-order valence-corrected chi connectivity index (χ0v) is 16.8. The number of hydrogen-bond acceptors (Lipinski definition) is 5. The summed E-state index contributed by atoms with van der Waals surface area (Å²) in [5, 5.41) is 0. The summed E-state index contributed by atoms with van der Waals surface area (Å²) in [6, 6.07) is 7.06. The van der Waals surface area contributed by atoms with Gasteiger partial charge < -0.3 is 18.9 Å². The number of carbonyl (C=O) groups is 1. The standard InChI is InChI=1S/C11H9F3O3.C10H9F3O2/c1-16-9-3-7-5-17-10(11(12,13)14)8(7)2-6(9)4-15;1-14-7-2-3-8-6(4-7)5-15-9(8)10(11,12)13/h2-4,10H,5H2,1H3;2-4,9H,5H2,1H3. The number of benzene rings is 2. The number of rotatable bonds is 3. The maximum atomic E-state index is 12.6. The molecule has 5 nitrogen and oxygen atoms in total. The molecule has 4 rings (SSSR count). The summed E-state index contributed by atoms with van der Waals surface area (Å²) in [6.45, 7) is -0.147. The zero-order valence-electron chi connectivity index (χ0n) is 16.8. The fourth-order valence-electron chi connectivity index (χ4n) is 3.45. The highest BCUT2D eigenvalue weighted by Gasteiger charge is 2.46. The normalized spacial score (nSPS) is 19.5. The van der Waals surface area contributed by atoms with Gasteiger partial charge in [-0.15, -0.1) is 0 Å². The van der Waals surface area contributed by atoms with Gasteiger partial charge in [-0.2, -0.15) is 26.3 Å². The van der Waals surface area contributed by atoms with E-state index in [0.717, 1.165) is 0 Å². The van der Waals surface area contributed by atoms with Gasteiger partial charge in [-0.25, -0.2) is 0 Å². The molecule has 32 heavy (non-hydrogen) atoms. The average molecular weight is 464 g/mol. The lowest BCUT2D eigenvalue weighted by molar-refractivity contribution is -0.220. The van der Waals surface area contributed by atoms with E-state index in [1.54, 1.807) is 6.07 Å². The lowest BCUT2D eigenvalue weighted by Gasteiger charge is -2.15. The van der Waals surface area contributed by atoms with Crippen molar-refractivity contribution in [3.63, 3.8) is 0 Å². The first-order valence-corrected chi connectivity index (χ1v) is 9.19. The van der Waals surface area contributed by atoms with E-state index in [-0.39, 0.29) is 35.7 Å². The molecule has 0 saturated heterocycles. The predicted octanol–water partition coefficient (Wildman–Crippen LogP) is 5.47. The summed E-state index contributed by atoms with van der Waals surface area (Å²) in [6.07, 6.45) is -12.1. The minimum atomic E-state index is -4.47. The average Bonchev–Trinajstić information content (AvgIpc) is 3.35. The summed E-state index contributed by atoms with van der Waals surface area (Å²) in [5.41, 5.74) is 1.20. The molecule has 0 aromatic heterocycles. The van der Waals surface area contributed by atoms with Gasteiger partial charge in [0.05, 0.1) is 33.0 Å². The van der Waals surface area contributed by atoms with Crippen molar-refractivity contribution in [2.75, 3.05) is 14.2 Å². The number of methoxy groups -OCH3 is 2. The number of ether oxygens (including phenoxy) is 4. The number of halogens is 6. The Bertz CT molecular complexity index is 986. The molecule has 0 saturated carbocycles. The van der Waals surface area contributed by atoms with Gasteiger partial charge in [0.2, 0.25) is 0 Å². The van der Waals surface area contributed by atoms with Crippen molar-refractivity contribution in [2.24, 2.45) is 0 Å². The van der Waals surface area contributed by atoms with Gasteiger partial charge in [-0.3, -0.25) is 4.79 Å². The van der Waals surface area contributed by atoms with E-state index in [1.807, 2.05) is 0 Å². The first-order valence-electron chi connectivity index (χ1n) is 9.19. The van der Waals surface area contributed by atoms with Crippen LogP contribution < -0.4 is 9.47 Å². The van der Waals surface area contributed by atoms with Crippen molar-refractivity contribution in [3.8, 4) is 11.5 Å². The van der Waals surface area contributed by atoms with Crippen LogP contribution in [0.15, 0.2) is 30.3 Å². The molecule has 2 aliphatic heterocycles. The summed E-state index contributed by atoms with van der Waals surface area (Å²) in [4.78, 5) is 10.7. The molecule has 174 valence electrons. The van der Waals surface area contributed by atoms with E-state index in [9.17, 15) is 31.1 Å². The van der Waals surface area contributed by atoms with Crippen molar-refractivity contribution >= 4 is 6.29 Å². The molecule has 2 aromatic rings. The van der Waals surface area contributed by atoms with Gasteiger partial charge in [-0.05, 0) is 46.5 Å². The highest BCUT2D eigenvalue weighted by Crippen LogP contribution is 2.44. The number of hydrogen-bond donors (Lipinski definition) is 0. The quantitative estimate of drug-likeness (QED) is 0.446. The zero-order chi connectivity index (χ0) is 23.7. The van der Waals surface area contributed by atoms with Gasteiger partial charge in [0, 0.05) is 0 Å². The van der Waals surface area contributed by atoms with E-state index in [1.165, 1.54) is 38.5 Å². The summed E-state index contributed by atoms with van der Waals surface area (Å²) >= 11 is 0. The van der Waals surface area contributed by atoms with Crippen LogP contribution in [-0.4, -0.2) is 32.9 Å². The summed E-state index contributed by atoms with van der Waals surface area (Å²) in [5.74, 6) is 0.797. The van der Waals surface area contributed by atoms with Crippen LogP contribution in [0.3, 0.4) is 0 Å². The van der Waals surface area contributed by atoms with E-state index < -0.39 is 24.6 Å². The molecule has 0 bridgehead atoms. The third-order valence-corrected chi connectivity index (χ3v) is 4.94. The van der Waals surface area contributed by atoms with Crippen molar-refractivity contribution in [3.05, 3.63) is 58.1 Å². The molecular weight excluding hydrogens is 446 g/mol. The Hall–Kier alpha value is -2.79. The number of fused-ring (bicyclic) bond motifs is 2. The van der Waals surface area contributed by atoms with E-state index >= 15 is 0 Å². The molecule has 2 unspecified atom stereocenters. The smallest absolute Gasteiger partial charge is 0.418 e. The Morgan fingerprint density at radius 3 is 1.91 bits per heavy atom. The third kappa shape index (κ3) is 4.83. The number of carbonyl (C=O) groups excluding carboxylic acids is 1. The minimum absolute atomic E-state index is 0.0135. The Labute approximate surface area is 178 Å². The highest BCUT2D eigenvalue weighted by atomic mass is 19.4. The Morgan fingerprint density at radius 1 is 0.844 bits per heavy atom. The van der Waals surface area contributed by atoms with Crippen LogP contribution in [0.25, 0.3) is 0 Å². The van der Waals surface area contributed by atoms with E-state index in [2.05, 4.69) is 0 Å². The van der Waals surface area contributed by atoms with Crippen molar-refractivity contribution < 1.29 is 50.1 Å². The molecule has 11 heteroatoms. The molecular formula is C21H18F6O5. The third-order valence-electron chi connectivity index (χ3n) is 4.94. The fraction of sp³-hybridized carbons (Fsp3) is 0.381. The molecule has 0 N–H and O–H groups in total. The maximum absolute atomic E-state index is 12.6. The van der Waals surface area contributed by atoms with Crippen LogP contribution in [0.1, 0.15) is 44.8 Å². The molecule has 0 radical (unpaired) electrons. The molecule has 2 aliphatic rings. The Morgan fingerprint density at radius 2 is 1.41 bits per heavy atom. The molecule has 0 fully saturated rings. The first-order chi connectivity index (χ1) is 15.0. The summed E-state index contributed by atoms with van der Waals surface area (Å²) in [7, 11) is 2.82. The van der Waals surface area contributed by atoms with Crippen LogP contribution >= 0.6 is 0 Å². The topological polar surface area (TPSA) is 54.0 Å². The van der Waals surface area contributed by atoms with Crippen molar-refractivity contribution in [2.45, 2.75) is 37.8 Å². The van der Waals surface area contributed by atoms with Crippen LogP contribution in [0.5, 0.6) is 11.5 Å². The second-order valence-corrected chi connectivity index (χ2v) is 6.94. The number of alkyl halides is 6. The van der Waals surface area contributed by atoms with Crippen LogP contribution in [0.4, 0.5) is 26.3 Å². The fourth-order valence-corrected chi connectivity index (χ4v) is 3.45. The molecule has 0 spiro atoms. The lowest BCUT2D eigenvalue weighted by atomic mass is 10.0. The van der Waals surface area contributed by atoms with Crippen LogP contribution in [-0.2, 0) is 22.7 Å². The minimum Gasteiger partial charge on any atom is -0.497 e. The van der Waals surface area contributed by atoms with Gasteiger partial charge in [0.15, 0.2) is 18.5 Å². The number of aldehydes is 1. The lowest BCUT2D eigenvalue weighted by Crippen LogP contribution is -2.19. The SMILES string of the molecule is COc1cc2c(cc1C=O)C(C(F)(F)F)OC2.COc1ccc2c(c1)COC2C(F)(F)F. The highest BCUT2D eigenvalue weighted by molar-refractivity contribution is 5.80. The maximum Gasteiger partial charge on any atom is 0.418 e. The first kappa shape index (κ1) is 23.9. The van der Waals surface area contributed by atoms with Gasteiger partial charge in [0.1, 0.15) is 11.5 Å². The van der Waals surface area contributed by atoms with Crippen LogP contribution in [0.2, 0.25) is 0 Å². The second kappa shape index (κ2) is 8.99. The van der Waals surface area contributed by atoms with E-state index in [4.69, 9.17) is 18.9 Å². The van der Waals surface area contributed by atoms with Gasteiger partial charge in [0.25, 0.3) is 0 Å². The molecule has 0 aliphatic carbocycles. The van der Waals surface area contributed by atoms with Crippen LogP contribution in [0, 0.1) is 0 Å². The molecule has 2 heterocycles. The van der Waals surface area contributed by atoms with Gasteiger partial charge >= 0.3 is 12.4 Å². The Balaban J connectivity index is 0.000000182. The largest absolute Gasteiger partial charge is 0.497 e. The van der Waals surface area contributed by atoms with Gasteiger partial charge in [-0.1, -0.05) is 6.07 Å². The molecule has 0 amide bonds. The Kier molecular flexibility index (Phi) is 6.70.